The maximum absolute atomic E-state index is 6.76. The monoisotopic (exact) mass is 524 g/mol. The fourth-order valence-corrected chi connectivity index (χ4v) is 5.72. The SMILES string of the molecule is Cn1c(Nc2nc([C@H]3CCOC3)c(C(C)(C)C)s2)nc2ncc(Oc3cnn4ccnc4c3)c(Cl)c21. The maximum Gasteiger partial charge on any atom is 0.211 e. The van der Waals surface area contributed by atoms with Crippen LogP contribution < -0.4 is 10.1 Å². The molecule has 5 aromatic rings. The smallest absolute Gasteiger partial charge is 0.211 e. The minimum absolute atomic E-state index is 0.0206. The van der Waals surface area contributed by atoms with Crippen LogP contribution in [0.1, 0.15) is 43.7 Å². The van der Waals surface area contributed by atoms with Gasteiger partial charge < -0.3 is 19.4 Å². The van der Waals surface area contributed by atoms with Crippen molar-refractivity contribution in [2.24, 2.45) is 7.05 Å². The van der Waals surface area contributed by atoms with Gasteiger partial charge in [-0.25, -0.2) is 19.5 Å². The minimum atomic E-state index is -0.0206. The zero-order valence-electron chi connectivity index (χ0n) is 20.3. The molecule has 1 atom stereocenters. The summed E-state index contributed by atoms with van der Waals surface area (Å²) < 4.78 is 15.2. The van der Waals surface area contributed by atoms with Gasteiger partial charge in [-0.3, -0.25) is 0 Å². The molecule has 0 bridgehead atoms. The van der Waals surface area contributed by atoms with Gasteiger partial charge in [0, 0.05) is 42.9 Å². The Morgan fingerprint density at radius 1 is 1.22 bits per heavy atom. The highest BCUT2D eigenvalue weighted by atomic mass is 35.5. The van der Waals surface area contributed by atoms with Crippen molar-refractivity contribution in [3.8, 4) is 11.5 Å². The zero-order chi connectivity index (χ0) is 25.0. The Kier molecular flexibility index (Phi) is 5.58. The molecule has 10 nitrogen and oxygen atoms in total. The fraction of sp³-hybridized carbons (Fsp3) is 0.375. The number of imidazole rings is 2. The Morgan fingerprint density at radius 3 is 2.86 bits per heavy atom. The van der Waals surface area contributed by atoms with Crippen molar-refractivity contribution >= 4 is 50.8 Å². The van der Waals surface area contributed by atoms with Crippen LogP contribution in [0.2, 0.25) is 5.02 Å². The van der Waals surface area contributed by atoms with E-state index in [1.807, 2.05) is 11.6 Å². The van der Waals surface area contributed by atoms with Crippen molar-refractivity contribution in [2.45, 2.75) is 38.5 Å². The van der Waals surface area contributed by atoms with Crippen molar-refractivity contribution in [3.63, 3.8) is 0 Å². The van der Waals surface area contributed by atoms with Gasteiger partial charge in [0.05, 0.1) is 24.7 Å². The molecular formula is C24H25ClN8O2S. The minimum Gasteiger partial charge on any atom is -0.452 e. The van der Waals surface area contributed by atoms with Crippen LogP contribution in [0.4, 0.5) is 11.1 Å². The van der Waals surface area contributed by atoms with Gasteiger partial charge in [-0.05, 0) is 11.8 Å². The van der Waals surface area contributed by atoms with Gasteiger partial charge >= 0.3 is 0 Å². The maximum atomic E-state index is 6.76. The van der Waals surface area contributed by atoms with Gasteiger partial charge in [-0.15, -0.1) is 11.3 Å². The van der Waals surface area contributed by atoms with E-state index in [2.05, 4.69) is 46.1 Å². The molecule has 0 amide bonds. The number of ether oxygens (including phenoxy) is 2. The highest BCUT2D eigenvalue weighted by molar-refractivity contribution is 7.16. The van der Waals surface area contributed by atoms with Crippen LogP contribution in [-0.2, 0) is 17.2 Å². The number of nitrogens with zero attached hydrogens (tertiary/aromatic N) is 7. The van der Waals surface area contributed by atoms with E-state index in [4.69, 9.17) is 26.1 Å². The van der Waals surface area contributed by atoms with Gasteiger partial charge in [0.15, 0.2) is 27.9 Å². The number of rotatable bonds is 5. The molecule has 1 aliphatic heterocycles. The predicted octanol–water partition coefficient (Wildman–Crippen LogP) is 5.46. The van der Waals surface area contributed by atoms with E-state index in [1.165, 1.54) is 4.88 Å². The second-order valence-electron chi connectivity index (χ2n) is 9.80. The fourth-order valence-electron chi connectivity index (χ4n) is 4.32. The van der Waals surface area contributed by atoms with Crippen molar-refractivity contribution < 1.29 is 9.47 Å². The first-order valence-electron chi connectivity index (χ1n) is 11.6. The van der Waals surface area contributed by atoms with Crippen LogP contribution in [0.25, 0.3) is 16.8 Å². The number of nitrogens with one attached hydrogen (secondary N) is 1. The molecule has 0 radical (unpaired) electrons. The van der Waals surface area contributed by atoms with Crippen molar-refractivity contribution in [3.05, 3.63) is 46.4 Å². The molecule has 1 fully saturated rings. The van der Waals surface area contributed by atoms with Crippen molar-refractivity contribution in [1.29, 1.82) is 0 Å². The average molecular weight is 525 g/mol. The third-order valence-corrected chi connectivity index (χ3v) is 7.91. The van der Waals surface area contributed by atoms with Crippen LogP contribution in [0.15, 0.2) is 30.9 Å². The Morgan fingerprint density at radius 2 is 2.08 bits per heavy atom. The molecule has 0 unspecified atom stereocenters. The lowest BCUT2D eigenvalue weighted by Crippen LogP contribution is -2.14. The second-order valence-corrected chi connectivity index (χ2v) is 11.2. The first-order valence-corrected chi connectivity index (χ1v) is 12.8. The van der Waals surface area contributed by atoms with Crippen molar-refractivity contribution in [2.75, 3.05) is 18.5 Å². The number of fused-ring (bicyclic) bond motifs is 2. The summed E-state index contributed by atoms with van der Waals surface area (Å²) in [6.07, 6.45) is 7.60. The third kappa shape index (κ3) is 4.06. The van der Waals surface area contributed by atoms with E-state index < -0.39 is 0 Å². The number of aryl methyl sites for hydroxylation is 1. The quantitative estimate of drug-likeness (QED) is 0.323. The van der Waals surface area contributed by atoms with Crippen LogP contribution in [-0.4, -0.2) is 47.3 Å². The van der Waals surface area contributed by atoms with Crippen LogP contribution >= 0.6 is 22.9 Å². The molecule has 186 valence electrons. The van der Waals surface area contributed by atoms with E-state index in [9.17, 15) is 0 Å². The van der Waals surface area contributed by atoms with E-state index in [0.29, 0.717) is 51.8 Å². The molecule has 0 aliphatic carbocycles. The molecule has 12 heteroatoms. The lowest BCUT2D eigenvalue weighted by atomic mass is 9.89. The second kappa shape index (κ2) is 8.68. The van der Waals surface area contributed by atoms with Crippen molar-refractivity contribution in [1.82, 2.24) is 34.1 Å². The first kappa shape index (κ1) is 23.1. The molecule has 1 N–H and O–H groups in total. The molecule has 1 saturated heterocycles. The first-order chi connectivity index (χ1) is 17.3. The number of aromatic nitrogens is 7. The predicted molar refractivity (Wildman–Crippen MR) is 139 cm³/mol. The third-order valence-electron chi connectivity index (χ3n) is 6.13. The Labute approximate surface area is 216 Å². The molecular weight excluding hydrogens is 500 g/mol. The van der Waals surface area contributed by atoms with Gasteiger partial charge in [0.25, 0.3) is 0 Å². The number of hydrogen-bond acceptors (Lipinski definition) is 9. The zero-order valence-corrected chi connectivity index (χ0v) is 21.9. The number of hydrogen-bond donors (Lipinski definition) is 1. The van der Waals surface area contributed by atoms with Gasteiger partial charge in [-0.1, -0.05) is 32.4 Å². The van der Waals surface area contributed by atoms with Crippen LogP contribution in [0.3, 0.4) is 0 Å². The highest BCUT2D eigenvalue weighted by Gasteiger charge is 2.30. The van der Waals surface area contributed by atoms with E-state index in [0.717, 1.165) is 23.9 Å². The number of thiazole rings is 1. The molecule has 36 heavy (non-hydrogen) atoms. The normalized spacial score (nSPS) is 16.3. The molecule has 6 rings (SSSR count). The highest BCUT2D eigenvalue weighted by Crippen LogP contribution is 2.41. The standard InChI is InChI=1S/C24H25ClN8O2S/c1-24(2,3)20-18(13-5-8-34-12-13)29-23(36-20)31-22-30-21-19(32(22)4)17(25)15(11-27-21)35-14-9-16-26-6-7-33(16)28-10-14/h6-7,9-11,13H,5,8,12H2,1-4H3,(H,27,29,30,31)/t13-/m0/s1. The number of anilines is 2. The molecule has 0 spiro atoms. The van der Waals surface area contributed by atoms with Gasteiger partial charge in [-0.2, -0.15) is 10.1 Å². The largest absolute Gasteiger partial charge is 0.452 e. The number of halogens is 1. The lowest BCUT2D eigenvalue weighted by molar-refractivity contribution is 0.193. The Bertz CT molecular complexity index is 1580. The molecule has 0 aromatic carbocycles. The number of pyridine rings is 1. The topological polar surface area (TPSA) is 104 Å². The Hall–Kier alpha value is -3.28. The summed E-state index contributed by atoms with van der Waals surface area (Å²) in [7, 11) is 1.89. The molecule has 6 heterocycles. The summed E-state index contributed by atoms with van der Waals surface area (Å²) in [6, 6.07) is 1.78. The van der Waals surface area contributed by atoms with Gasteiger partial charge in [0.2, 0.25) is 5.95 Å². The Balaban J connectivity index is 1.32. The summed E-state index contributed by atoms with van der Waals surface area (Å²) in [5.41, 5.74) is 2.93. The summed E-state index contributed by atoms with van der Waals surface area (Å²) in [6.45, 7) is 8.13. The van der Waals surface area contributed by atoms with E-state index in [1.54, 1.807) is 46.7 Å². The molecule has 0 saturated carbocycles. The van der Waals surface area contributed by atoms with Gasteiger partial charge in [0.1, 0.15) is 10.5 Å². The van der Waals surface area contributed by atoms with Crippen LogP contribution in [0.5, 0.6) is 11.5 Å². The summed E-state index contributed by atoms with van der Waals surface area (Å²) in [5.74, 6) is 1.83. The summed E-state index contributed by atoms with van der Waals surface area (Å²) in [4.78, 5) is 19.6. The summed E-state index contributed by atoms with van der Waals surface area (Å²) >= 11 is 8.42. The average Bonchev–Trinajstić information content (AvgIpc) is 3.62. The molecule has 5 aromatic heterocycles. The lowest BCUT2D eigenvalue weighted by Gasteiger charge is -2.19. The van der Waals surface area contributed by atoms with E-state index >= 15 is 0 Å². The van der Waals surface area contributed by atoms with E-state index in [-0.39, 0.29) is 5.41 Å². The molecule has 1 aliphatic rings. The van der Waals surface area contributed by atoms with Crippen LogP contribution in [0, 0.1) is 0 Å². The summed E-state index contributed by atoms with van der Waals surface area (Å²) in [5, 5.41) is 8.86.